The highest BCUT2D eigenvalue weighted by Crippen LogP contribution is 2.42. The maximum Gasteiger partial charge on any atom is 0.324 e. The van der Waals surface area contributed by atoms with Gasteiger partial charge in [-0.2, -0.15) is 5.26 Å². The van der Waals surface area contributed by atoms with E-state index >= 15 is 0 Å². The Kier molecular flexibility index (Phi) is 7.26. The van der Waals surface area contributed by atoms with Crippen LogP contribution in [0.15, 0.2) is 0 Å². The van der Waals surface area contributed by atoms with Crippen molar-refractivity contribution in [2.24, 2.45) is 23.2 Å². The summed E-state index contributed by atoms with van der Waals surface area (Å²) >= 11 is 0. The lowest BCUT2D eigenvalue weighted by Crippen LogP contribution is -2.45. The van der Waals surface area contributed by atoms with Crippen molar-refractivity contribution in [3.8, 4) is 6.07 Å². The van der Waals surface area contributed by atoms with E-state index in [1.807, 2.05) is 33.8 Å². The summed E-state index contributed by atoms with van der Waals surface area (Å²) in [5.74, 6) is -2.05. The Hall–Kier alpha value is -1.57. The molecule has 20 heavy (non-hydrogen) atoms. The van der Waals surface area contributed by atoms with E-state index in [1.165, 1.54) is 14.2 Å². The SMILES string of the molecule is COC(=O)C(C#N)C(CC(C)C)(CC(C)C)C(=O)OC. The van der Waals surface area contributed by atoms with E-state index in [1.54, 1.807) is 0 Å². The maximum atomic E-state index is 12.3. The Bertz CT molecular complexity index is 372. The predicted octanol–water partition coefficient (Wildman–Crippen LogP) is 2.55. The van der Waals surface area contributed by atoms with Gasteiger partial charge < -0.3 is 9.47 Å². The molecule has 0 saturated carbocycles. The highest BCUT2D eigenvalue weighted by atomic mass is 16.5. The van der Waals surface area contributed by atoms with Crippen LogP contribution in [0.3, 0.4) is 0 Å². The number of carbonyl (C=O) groups excluding carboxylic acids is 2. The second-order valence-corrected chi connectivity index (χ2v) is 5.93. The fourth-order valence-electron chi connectivity index (χ4n) is 2.78. The lowest BCUT2D eigenvalue weighted by Gasteiger charge is -2.36. The summed E-state index contributed by atoms with van der Waals surface area (Å²) in [6.45, 7) is 7.79. The topological polar surface area (TPSA) is 76.4 Å². The molecule has 0 radical (unpaired) electrons. The molecule has 1 atom stereocenters. The summed E-state index contributed by atoms with van der Waals surface area (Å²) in [5, 5.41) is 9.37. The summed E-state index contributed by atoms with van der Waals surface area (Å²) < 4.78 is 9.59. The van der Waals surface area contributed by atoms with Crippen molar-refractivity contribution in [1.29, 1.82) is 5.26 Å². The summed E-state index contributed by atoms with van der Waals surface area (Å²) in [5.41, 5.74) is -1.15. The van der Waals surface area contributed by atoms with Gasteiger partial charge in [0.05, 0.1) is 25.7 Å². The Labute approximate surface area is 121 Å². The molecule has 0 spiro atoms. The minimum atomic E-state index is -1.15. The Morgan fingerprint density at radius 2 is 1.50 bits per heavy atom. The molecule has 5 heteroatoms. The van der Waals surface area contributed by atoms with E-state index in [-0.39, 0.29) is 11.8 Å². The van der Waals surface area contributed by atoms with Gasteiger partial charge in [-0.25, -0.2) is 0 Å². The third-order valence-electron chi connectivity index (χ3n) is 3.26. The van der Waals surface area contributed by atoms with E-state index in [2.05, 4.69) is 0 Å². The van der Waals surface area contributed by atoms with Crippen molar-refractivity contribution < 1.29 is 19.1 Å². The average Bonchev–Trinajstić information content (AvgIpc) is 2.36. The van der Waals surface area contributed by atoms with Crippen LogP contribution in [0.25, 0.3) is 0 Å². The molecule has 0 aromatic carbocycles. The molecule has 0 amide bonds. The first-order valence-corrected chi connectivity index (χ1v) is 6.81. The van der Waals surface area contributed by atoms with Gasteiger partial charge in [0.1, 0.15) is 0 Å². The Morgan fingerprint density at radius 1 is 1.05 bits per heavy atom. The number of rotatable bonds is 7. The van der Waals surface area contributed by atoms with Crippen molar-refractivity contribution in [1.82, 2.24) is 0 Å². The molecule has 0 aromatic heterocycles. The molecule has 0 aliphatic rings. The molecular weight excluding hydrogens is 258 g/mol. The van der Waals surface area contributed by atoms with Crippen LogP contribution in [0.1, 0.15) is 40.5 Å². The highest BCUT2D eigenvalue weighted by Gasteiger charge is 2.51. The van der Waals surface area contributed by atoms with E-state index in [0.29, 0.717) is 12.8 Å². The minimum Gasteiger partial charge on any atom is -0.469 e. The predicted molar refractivity (Wildman–Crippen MR) is 74.5 cm³/mol. The third kappa shape index (κ3) is 4.22. The number of carbonyl (C=O) groups is 2. The van der Waals surface area contributed by atoms with Gasteiger partial charge in [0, 0.05) is 0 Å². The van der Waals surface area contributed by atoms with Crippen molar-refractivity contribution in [2.45, 2.75) is 40.5 Å². The molecule has 0 aromatic rings. The molecular formula is C15H25NO4. The third-order valence-corrected chi connectivity index (χ3v) is 3.26. The molecule has 0 fully saturated rings. The first kappa shape index (κ1) is 18.4. The van der Waals surface area contributed by atoms with Crippen LogP contribution in [-0.2, 0) is 19.1 Å². The van der Waals surface area contributed by atoms with Crippen molar-refractivity contribution in [2.75, 3.05) is 14.2 Å². The fraction of sp³-hybridized carbons (Fsp3) is 0.800. The van der Waals surface area contributed by atoms with Gasteiger partial charge in [-0.05, 0) is 24.7 Å². The van der Waals surface area contributed by atoms with Crippen LogP contribution in [0, 0.1) is 34.5 Å². The molecule has 0 heterocycles. The standard InChI is InChI=1S/C15H25NO4/c1-10(2)7-15(8-11(3)4,14(18)20-6)12(9-16)13(17)19-5/h10-12H,7-8H2,1-6H3. The van der Waals surface area contributed by atoms with E-state index < -0.39 is 23.3 Å². The van der Waals surface area contributed by atoms with Gasteiger partial charge in [-0.15, -0.1) is 0 Å². The molecule has 0 N–H and O–H groups in total. The fourth-order valence-corrected chi connectivity index (χ4v) is 2.78. The van der Waals surface area contributed by atoms with E-state index in [0.717, 1.165) is 0 Å². The normalized spacial score (nSPS) is 12.9. The Balaban J connectivity index is 5.87. The molecule has 5 nitrogen and oxygen atoms in total. The van der Waals surface area contributed by atoms with Gasteiger partial charge in [-0.1, -0.05) is 27.7 Å². The van der Waals surface area contributed by atoms with E-state index in [4.69, 9.17) is 9.47 Å². The largest absolute Gasteiger partial charge is 0.469 e. The number of methoxy groups -OCH3 is 2. The molecule has 0 aliphatic heterocycles. The molecule has 114 valence electrons. The zero-order valence-electron chi connectivity index (χ0n) is 13.2. The number of hydrogen-bond acceptors (Lipinski definition) is 5. The van der Waals surface area contributed by atoms with E-state index in [9.17, 15) is 14.9 Å². The lowest BCUT2D eigenvalue weighted by molar-refractivity contribution is -0.166. The summed E-state index contributed by atoms with van der Waals surface area (Å²) in [6, 6.07) is 1.94. The van der Waals surface area contributed by atoms with Gasteiger partial charge >= 0.3 is 11.9 Å². The van der Waals surface area contributed by atoms with Crippen LogP contribution in [0.4, 0.5) is 0 Å². The van der Waals surface area contributed by atoms with Crippen molar-refractivity contribution in [3.63, 3.8) is 0 Å². The van der Waals surface area contributed by atoms with Crippen LogP contribution < -0.4 is 0 Å². The Morgan fingerprint density at radius 3 is 1.75 bits per heavy atom. The molecule has 0 bridgehead atoms. The van der Waals surface area contributed by atoms with Crippen molar-refractivity contribution >= 4 is 11.9 Å². The van der Waals surface area contributed by atoms with Gasteiger partial charge in [0.25, 0.3) is 0 Å². The average molecular weight is 283 g/mol. The second kappa shape index (κ2) is 7.88. The molecule has 1 unspecified atom stereocenters. The first-order chi connectivity index (χ1) is 9.24. The molecule has 0 saturated heterocycles. The van der Waals surface area contributed by atoms with Crippen LogP contribution in [0.2, 0.25) is 0 Å². The number of hydrogen-bond donors (Lipinski definition) is 0. The number of esters is 2. The highest BCUT2D eigenvalue weighted by molar-refractivity contribution is 5.87. The van der Waals surface area contributed by atoms with Gasteiger partial charge in [0.2, 0.25) is 0 Å². The van der Waals surface area contributed by atoms with Crippen LogP contribution in [0.5, 0.6) is 0 Å². The monoisotopic (exact) mass is 283 g/mol. The lowest BCUT2D eigenvalue weighted by atomic mass is 9.66. The zero-order valence-corrected chi connectivity index (χ0v) is 13.2. The number of ether oxygens (including phenoxy) is 2. The van der Waals surface area contributed by atoms with Crippen LogP contribution in [-0.4, -0.2) is 26.2 Å². The maximum absolute atomic E-state index is 12.3. The van der Waals surface area contributed by atoms with Crippen molar-refractivity contribution in [3.05, 3.63) is 0 Å². The first-order valence-electron chi connectivity index (χ1n) is 6.81. The number of nitriles is 1. The molecule has 0 aliphatic carbocycles. The second-order valence-electron chi connectivity index (χ2n) is 5.93. The summed E-state index contributed by atoms with van der Waals surface area (Å²) in [6.07, 6.45) is 0.816. The van der Waals surface area contributed by atoms with Gasteiger partial charge in [0.15, 0.2) is 5.92 Å². The summed E-state index contributed by atoms with van der Waals surface area (Å²) in [7, 11) is 2.50. The smallest absolute Gasteiger partial charge is 0.324 e. The zero-order chi connectivity index (χ0) is 15.9. The number of nitrogens with zero attached hydrogens (tertiary/aromatic N) is 1. The minimum absolute atomic E-state index is 0.147. The van der Waals surface area contributed by atoms with Gasteiger partial charge in [-0.3, -0.25) is 9.59 Å². The summed E-state index contributed by atoms with van der Waals surface area (Å²) in [4.78, 5) is 24.3. The molecule has 0 rings (SSSR count). The van der Waals surface area contributed by atoms with Crippen LogP contribution >= 0.6 is 0 Å². The quantitative estimate of drug-likeness (QED) is 0.671.